The molecule has 0 unspecified atom stereocenters. The fourth-order valence-corrected chi connectivity index (χ4v) is 3.67. The highest BCUT2D eigenvalue weighted by Gasteiger charge is 2.39. The van der Waals surface area contributed by atoms with E-state index in [0.29, 0.717) is 0 Å². The van der Waals surface area contributed by atoms with Crippen molar-refractivity contribution in [2.24, 2.45) is 4.99 Å². The van der Waals surface area contributed by atoms with Crippen molar-refractivity contribution < 1.29 is 4.74 Å². The third-order valence-electron chi connectivity index (χ3n) is 5.15. The Balaban J connectivity index is 1.94. The van der Waals surface area contributed by atoms with E-state index in [0.717, 1.165) is 51.6 Å². The van der Waals surface area contributed by atoms with Crippen LogP contribution in [0.3, 0.4) is 0 Å². The number of nitrogens with one attached hydrogen (secondary N) is 2. The van der Waals surface area contributed by atoms with Gasteiger partial charge < -0.3 is 15.4 Å². The van der Waals surface area contributed by atoms with Crippen LogP contribution >= 0.6 is 0 Å². The Morgan fingerprint density at radius 1 is 1.09 bits per heavy atom. The summed E-state index contributed by atoms with van der Waals surface area (Å²) >= 11 is 0. The number of rotatable bonds is 8. The lowest BCUT2D eigenvalue weighted by Crippen LogP contribution is -2.54. The van der Waals surface area contributed by atoms with Crippen molar-refractivity contribution in [1.29, 1.82) is 0 Å². The molecule has 0 aromatic carbocycles. The largest absolute Gasteiger partial charge is 0.381 e. The smallest absolute Gasteiger partial charge is 0.191 e. The van der Waals surface area contributed by atoms with E-state index in [1.807, 2.05) is 0 Å². The number of ether oxygens (including phenoxy) is 1. The van der Waals surface area contributed by atoms with Crippen LogP contribution in [0.15, 0.2) is 4.99 Å². The topological polar surface area (TPSA) is 48.9 Å². The van der Waals surface area contributed by atoms with Gasteiger partial charge in [-0.3, -0.25) is 9.89 Å². The maximum absolute atomic E-state index is 5.62. The molecule has 2 fully saturated rings. The second-order valence-corrected chi connectivity index (χ2v) is 6.86. The third kappa shape index (κ3) is 5.64. The van der Waals surface area contributed by atoms with Crippen LogP contribution in [0.2, 0.25) is 0 Å². The van der Waals surface area contributed by atoms with E-state index in [4.69, 9.17) is 9.73 Å². The normalized spacial score (nSPS) is 22.3. The molecule has 0 spiro atoms. The minimum Gasteiger partial charge on any atom is -0.381 e. The number of hydrogen-bond donors (Lipinski definition) is 2. The van der Waals surface area contributed by atoms with Crippen LogP contribution in [0.1, 0.15) is 58.8 Å². The van der Waals surface area contributed by atoms with Crippen molar-refractivity contribution in [2.75, 3.05) is 45.9 Å². The van der Waals surface area contributed by atoms with Crippen LogP contribution in [0.4, 0.5) is 0 Å². The Kier molecular flexibility index (Phi) is 8.17. The van der Waals surface area contributed by atoms with Crippen molar-refractivity contribution in [1.82, 2.24) is 15.5 Å². The molecule has 5 heteroatoms. The summed E-state index contributed by atoms with van der Waals surface area (Å²) in [4.78, 5) is 7.63. The number of aliphatic imine (C=N–C) groups is 1. The van der Waals surface area contributed by atoms with Gasteiger partial charge >= 0.3 is 0 Å². The second kappa shape index (κ2) is 10.1. The van der Waals surface area contributed by atoms with Gasteiger partial charge in [-0.25, -0.2) is 0 Å². The molecule has 0 amide bonds. The van der Waals surface area contributed by atoms with Gasteiger partial charge in [0.05, 0.1) is 6.54 Å². The average Bonchev–Trinajstić information content (AvgIpc) is 3.12. The van der Waals surface area contributed by atoms with Crippen molar-refractivity contribution in [3.63, 3.8) is 0 Å². The molecule has 0 aromatic rings. The van der Waals surface area contributed by atoms with Crippen molar-refractivity contribution in [2.45, 2.75) is 64.3 Å². The van der Waals surface area contributed by atoms with Crippen LogP contribution in [0.5, 0.6) is 0 Å². The highest BCUT2D eigenvalue weighted by molar-refractivity contribution is 5.79. The predicted octanol–water partition coefficient (Wildman–Crippen LogP) is 2.38. The zero-order valence-electron chi connectivity index (χ0n) is 15.2. The molecule has 0 aromatic heterocycles. The Hall–Kier alpha value is -0.810. The van der Waals surface area contributed by atoms with E-state index >= 15 is 0 Å². The second-order valence-electron chi connectivity index (χ2n) is 6.86. The van der Waals surface area contributed by atoms with E-state index < -0.39 is 0 Å². The van der Waals surface area contributed by atoms with E-state index in [2.05, 4.69) is 29.4 Å². The molecule has 0 radical (unpaired) electrons. The number of hydrogen-bond acceptors (Lipinski definition) is 3. The Bertz CT molecular complexity index is 347. The monoisotopic (exact) mass is 324 g/mol. The first-order chi connectivity index (χ1) is 11.3. The zero-order chi connectivity index (χ0) is 16.4. The van der Waals surface area contributed by atoms with Crippen LogP contribution < -0.4 is 10.6 Å². The molecule has 0 aliphatic carbocycles. The number of nitrogens with zero attached hydrogens (tertiary/aromatic N) is 2. The summed E-state index contributed by atoms with van der Waals surface area (Å²) in [5, 5.41) is 6.89. The predicted molar refractivity (Wildman–Crippen MR) is 97.1 cm³/mol. The fourth-order valence-electron chi connectivity index (χ4n) is 3.67. The molecule has 23 heavy (non-hydrogen) atoms. The van der Waals surface area contributed by atoms with Crippen molar-refractivity contribution in [3.05, 3.63) is 0 Å². The number of unbranched alkanes of at least 4 members (excludes halogenated alkanes) is 2. The summed E-state index contributed by atoms with van der Waals surface area (Å²) < 4.78 is 5.62. The summed E-state index contributed by atoms with van der Waals surface area (Å²) in [5.74, 6) is 0.980. The summed E-state index contributed by atoms with van der Waals surface area (Å²) in [5.41, 5.74) is 0.223. The molecular weight excluding hydrogens is 288 g/mol. The first kappa shape index (κ1) is 18.5. The van der Waals surface area contributed by atoms with Crippen LogP contribution in [0, 0.1) is 0 Å². The van der Waals surface area contributed by atoms with Gasteiger partial charge in [-0.15, -0.1) is 0 Å². The van der Waals surface area contributed by atoms with Gasteiger partial charge in [0.2, 0.25) is 0 Å². The molecule has 134 valence electrons. The number of likely N-dealkylation sites (tertiary alicyclic amines) is 1. The Labute approximate surface area is 142 Å². The van der Waals surface area contributed by atoms with Gasteiger partial charge in [0.25, 0.3) is 0 Å². The van der Waals surface area contributed by atoms with Crippen LogP contribution in [0.25, 0.3) is 0 Å². The minimum atomic E-state index is 0.223. The van der Waals surface area contributed by atoms with Crippen LogP contribution in [-0.4, -0.2) is 62.3 Å². The summed E-state index contributed by atoms with van der Waals surface area (Å²) in [6.45, 7) is 11.4. The molecule has 2 saturated heterocycles. The Morgan fingerprint density at radius 3 is 2.48 bits per heavy atom. The van der Waals surface area contributed by atoms with E-state index in [1.165, 1.54) is 45.2 Å². The van der Waals surface area contributed by atoms with Gasteiger partial charge in [-0.2, -0.15) is 0 Å². The lowest BCUT2D eigenvalue weighted by molar-refractivity contribution is -0.0139. The van der Waals surface area contributed by atoms with Gasteiger partial charge in [0.1, 0.15) is 0 Å². The highest BCUT2D eigenvalue weighted by Crippen LogP contribution is 2.31. The maximum Gasteiger partial charge on any atom is 0.191 e. The zero-order valence-corrected chi connectivity index (χ0v) is 15.2. The van der Waals surface area contributed by atoms with E-state index in [-0.39, 0.29) is 5.54 Å². The fraction of sp³-hybridized carbons (Fsp3) is 0.944. The molecular formula is C18H36N4O. The molecule has 2 N–H and O–H groups in total. The SMILES string of the molecule is CCCCCNC(=NCC1(N2CCCC2)CCOCC1)NCC. The highest BCUT2D eigenvalue weighted by atomic mass is 16.5. The minimum absolute atomic E-state index is 0.223. The van der Waals surface area contributed by atoms with E-state index in [1.54, 1.807) is 0 Å². The molecule has 2 rings (SSSR count). The van der Waals surface area contributed by atoms with Crippen molar-refractivity contribution >= 4 is 5.96 Å². The van der Waals surface area contributed by atoms with Crippen LogP contribution in [-0.2, 0) is 4.74 Å². The van der Waals surface area contributed by atoms with Gasteiger partial charge in [0.15, 0.2) is 5.96 Å². The molecule has 2 aliphatic rings. The lowest BCUT2D eigenvalue weighted by atomic mass is 9.88. The third-order valence-corrected chi connectivity index (χ3v) is 5.15. The van der Waals surface area contributed by atoms with Gasteiger partial charge in [-0.1, -0.05) is 19.8 Å². The molecule has 0 saturated carbocycles. The quantitative estimate of drug-likeness (QED) is 0.409. The Morgan fingerprint density at radius 2 is 1.83 bits per heavy atom. The van der Waals surface area contributed by atoms with Gasteiger partial charge in [-0.05, 0) is 52.1 Å². The summed E-state index contributed by atoms with van der Waals surface area (Å²) in [7, 11) is 0. The van der Waals surface area contributed by atoms with Gasteiger partial charge in [0, 0.05) is 31.8 Å². The van der Waals surface area contributed by atoms with E-state index in [9.17, 15) is 0 Å². The molecule has 5 nitrogen and oxygen atoms in total. The average molecular weight is 325 g/mol. The lowest BCUT2D eigenvalue weighted by Gasteiger charge is -2.43. The molecule has 2 aliphatic heterocycles. The first-order valence-electron chi connectivity index (χ1n) is 9.66. The number of guanidine groups is 1. The molecule has 2 heterocycles. The van der Waals surface area contributed by atoms with Crippen molar-refractivity contribution in [3.8, 4) is 0 Å². The summed E-state index contributed by atoms with van der Waals surface area (Å²) in [6.07, 6.45) is 8.65. The molecule has 0 atom stereocenters. The standard InChI is InChI=1S/C18H36N4O/c1-3-5-6-11-20-17(19-4-2)21-16-18(9-14-23-15-10-18)22-12-7-8-13-22/h3-16H2,1-2H3,(H2,19,20,21). The summed E-state index contributed by atoms with van der Waals surface area (Å²) in [6, 6.07) is 0. The first-order valence-corrected chi connectivity index (χ1v) is 9.66. The molecule has 0 bridgehead atoms. The maximum atomic E-state index is 5.62.